The van der Waals surface area contributed by atoms with Gasteiger partial charge in [-0.05, 0) is 36.4 Å². The van der Waals surface area contributed by atoms with Gasteiger partial charge in [-0.1, -0.05) is 18.5 Å². The normalized spacial score (nSPS) is 10.6. The number of hydrogen-bond acceptors (Lipinski definition) is 2. The van der Waals surface area contributed by atoms with Crippen LogP contribution >= 0.6 is 11.6 Å². The number of hydrogen-bond donors (Lipinski definition) is 1. The third kappa shape index (κ3) is 3.06. The predicted octanol–water partition coefficient (Wildman–Crippen LogP) is 3.65. The van der Waals surface area contributed by atoms with Gasteiger partial charge in [-0.15, -0.1) is 0 Å². The molecule has 0 aliphatic heterocycles. The van der Waals surface area contributed by atoms with Gasteiger partial charge in [0, 0.05) is 30.1 Å². The molecule has 0 radical (unpaired) electrons. The van der Waals surface area contributed by atoms with E-state index in [1.165, 1.54) is 12.1 Å². The highest BCUT2D eigenvalue weighted by atomic mass is 35.5. The fraction of sp³-hybridized carbons (Fsp3) is 0.214. The second-order valence-corrected chi connectivity index (χ2v) is 4.39. The summed E-state index contributed by atoms with van der Waals surface area (Å²) in [6.07, 6.45) is 3.54. The van der Waals surface area contributed by atoms with Crippen LogP contribution in [0.25, 0.3) is 11.1 Å². The second-order valence-electron chi connectivity index (χ2n) is 3.99. The van der Waals surface area contributed by atoms with Gasteiger partial charge in [0.2, 0.25) is 0 Å². The Morgan fingerprint density at radius 1 is 1.28 bits per heavy atom. The molecule has 0 fully saturated rings. The summed E-state index contributed by atoms with van der Waals surface area (Å²) < 4.78 is 13.0. The van der Waals surface area contributed by atoms with Crippen LogP contribution in [0.4, 0.5) is 4.39 Å². The Kier molecular flexibility index (Phi) is 4.28. The molecule has 2 aromatic rings. The van der Waals surface area contributed by atoms with Gasteiger partial charge in [-0.25, -0.2) is 4.39 Å². The highest BCUT2D eigenvalue weighted by Gasteiger charge is 2.06. The first-order chi connectivity index (χ1) is 8.70. The van der Waals surface area contributed by atoms with E-state index < -0.39 is 0 Å². The lowest BCUT2D eigenvalue weighted by molar-refractivity contribution is 0.628. The highest BCUT2D eigenvalue weighted by molar-refractivity contribution is 6.33. The van der Waals surface area contributed by atoms with Crippen molar-refractivity contribution in [2.24, 2.45) is 0 Å². The van der Waals surface area contributed by atoms with E-state index in [4.69, 9.17) is 11.6 Å². The van der Waals surface area contributed by atoms with Gasteiger partial charge < -0.3 is 5.32 Å². The lowest BCUT2D eigenvalue weighted by atomic mass is 10.1. The van der Waals surface area contributed by atoms with Gasteiger partial charge >= 0.3 is 0 Å². The monoisotopic (exact) mass is 264 g/mol. The van der Waals surface area contributed by atoms with E-state index in [1.807, 2.05) is 19.2 Å². The van der Waals surface area contributed by atoms with Gasteiger partial charge in [0.05, 0.1) is 5.02 Å². The molecule has 0 bridgehead atoms. The molecule has 0 aliphatic rings. The third-order valence-corrected chi connectivity index (χ3v) is 2.93. The summed E-state index contributed by atoms with van der Waals surface area (Å²) in [5, 5.41) is 3.63. The van der Waals surface area contributed by atoms with Crippen molar-refractivity contribution in [3.8, 4) is 11.1 Å². The number of nitrogens with zero attached hydrogens (tertiary/aromatic N) is 1. The van der Waals surface area contributed by atoms with Crippen LogP contribution in [0.15, 0.2) is 36.7 Å². The number of benzene rings is 1. The predicted molar refractivity (Wildman–Crippen MR) is 72.0 cm³/mol. The van der Waals surface area contributed by atoms with Crippen molar-refractivity contribution in [3.05, 3.63) is 53.1 Å². The molecule has 0 aliphatic carbocycles. The molecule has 4 heteroatoms. The molecule has 2 rings (SSSR count). The SMILES string of the molecule is CCNCc1cncc(-c2ccc(F)cc2Cl)c1. The summed E-state index contributed by atoms with van der Waals surface area (Å²) >= 11 is 6.04. The largest absolute Gasteiger partial charge is 0.313 e. The molecule has 1 aromatic carbocycles. The zero-order valence-corrected chi connectivity index (χ0v) is 10.8. The maximum atomic E-state index is 13.0. The molecule has 1 heterocycles. The number of rotatable bonds is 4. The minimum absolute atomic E-state index is 0.333. The summed E-state index contributed by atoms with van der Waals surface area (Å²) in [7, 11) is 0. The van der Waals surface area contributed by atoms with Crippen LogP contribution in [-0.2, 0) is 6.54 Å². The Morgan fingerprint density at radius 2 is 2.11 bits per heavy atom. The van der Waals surface area contributed by atoms with Crippen LogP contribution in [0.2, 0.25) is 5.02 Å². The number of aromatic nitrogens is 1. The zero-order valence-electron chi connectivity index (χ0n) is 10.1. The molecule has 0 saturated heterocycles. The molecule has 2 nitrogen and oxygen atoms in total. The van der Waals surface area contributed by atoms with Crippen molar-refractivity contribution < 1.29 is 4.39 Å². The number of halogens is 2. The average molecular weight is 265 g/mol. The first-order valence-electron chi connectivity index (χ1n) is 5.80. The standard InChI is InChI=1S/C14H14ClFN2/c1-2-17-7-10-5-11(9-18-8-10)13-4-3-12(16)6-14(13)15/h3-6,8-9,17H,2,7H2,1H3. The third-order valence-electron chi connectivity index (χ3n) is 2.62. The van der Waals surface area contributed by atoms with E-state index >= 15 is 0 Å². The molecule has 18 heavy (non-hydrogen) atoms. The van der Waals surface area contributed by atoms with Gasteiger partial charge in [-0.2, -0.15) is 0 Å². The highest BCUT2D eigenvalue weighted by Crippen LogP contribution is 2.28. The maximum Gasteiger partial charge on any atom is 0.124 e. The molecule has 1 aromatic heterocycles. The quantitative estimate of drug-likeness (QED) is 0.912. The topological polar surface area (TPSA) is 24.9 Å². The first kappa shape index (κ1) is 13.0. The molecule has 0 unspecified atom stereocenters. The fourth-order valence-corrected chi connectivity index (χ4v) is 2.00. The fourth-order valence-electron chi connectivity index (χ4n) is 1.72. The van der Waals surface area contributed by atoms with Crippen molar-refractivity contribution in [3.63, 3.8) is 0 Å². The van der Waals surface area contributed by atoms with Gasteiger partial charge in [0.1, 0.15) is 5.82 Å². The Bertz CT molecular complexity index is 543. The molecule has 1 N–H and O–H groups in total. The Hall–Kier alpha value is -1.45. The van der Waals surface area contributed by atoms with Crippen molar-refractivity contribution in [2.75, 3.05) is 6.54 Å². The first-order valence-corrected chi connectivity index (χ1v) is 6.18. The van der Waals surface area contributed by atoms with Gasteiger partial charge in [0.15, 0.2) is 0 Å². The smallest absolute Gasteiger partial charge is 0.124 e. The summed E-state index contributed by atoms with van der Waals surface area (Å²) in [6, 6.07) is 6.40. The maximum absolute atomic E-state index is 13.0. The summed E-state index contributed by atoms with van der Waals surface area (Å²) in [4.78, 5) is 4.19. The van der Waals surface area contributed by atoms with Gasteiger partial charge in [-0.3, -0.25) is 4.98 Å². The number of pyridine rings is 1. The van der Waals surface area contributed by atoms with Gasteiger partial charge in [0.25, 0.3) is 0 Å². The van der Waals surface area contributed by atoms with E-state index in [0.29, 0.717) is 5.02 Å². The minimum atomic E-state index is -0.333. The van der Waals surface area contributed by atoms with E-state index in [9.17, 15) is 4.39 Å². The van der Waals surface area contributed by atoms with Crippen molar-refractivity contribution >= 4 is 11.6 Å². The molecule has 0 saturated carbocycles. The van der Waals surface area contributed by atoms with Crippen molar-refractivity contribution in [1.29, 1.82) is 0 Å². The molecular formula is C14H14ClFN2. The van der Waals surface area contributed by atoms with Crippen LogP contribution in [0.5, 0.6) is 0 Å². The molecule has 0 amide bonds. The molecule has 94 valence electrons. The summed E-state index contributed by atoms with van der Waals surface area (Å²) in [5.41, 5.74) is 2.77. The lowest BCUT2D eigenvalue weighted by Gasteiger charge is -2.07. The Morgan fingerprint density at radius 3 is 2.83 bits per heavy atom. The van der Waals surface area contributed by atoms with Crippen molar-refractivity contribution in [1.82, 2.24) is 10.3 Å². The van der Waals surface area contributed by atoms with Crippen LogP contribution < -0.4 is 5.32 Å². The molecular weight excluding hydrogens is 251 g/mol. The second kappa shape index (κ2) is 5.94. The average Bonchev–Trinajstić information content (AvgIpc) is 2.36. The lowest BCUT2D eigenvalue weighted by Crippen LogP contribution is -2.11. The Labute approximate surface area is 111 Å². The van der Waals surface area contributed by atoms with Crippen LogP contribution in [0, 0.1) is 5.82 Å². The van der Waals surface area contributed by atoms with E-state index in [-0.39, 0.29) is 5.82 Å². The van der Waals surface area contributed by atoms with E-state index in [2.05, 4.69) is 10.3 Å². The number of nitrogens with one attached hydrogen (secondary N) is 1. The summed E-state index contributed by atoms with van der Waals surface area (Å²) in [6.45, 7) is 3.71. The van der Waals surface area contributed by atoms with Crippen LogP contribution in [-0.4, -0.2) is 11.5 Å². The molecule has 0 spiro atoms. The zero-order chi connectivity index (χ0) is 13.0. The van der Waals surface area contributed by atoms with Crippen LogP contribution in [0.3, 0.4) is 0 Å². The minimum Gasteiger partial charge on any atom is -0.313 e. The van der Waals surface area contributed by atoms with E-state index in [0.717, 1.165) is 29.8 Å². The van der Waals surface area contributed by atoms with Crippen molar-refractivity contribution in [2.45, 2.75) is 13.5 Å². The summed E-state index contributed by atoms with van der Waals surface area (Å²) in [5.74, 6) is -0.333. The van der Waals surface area contributed by atoms with Crippen LogP contribution in [0.1, 0.15) is 12.5 Å². The van der Waals surface area contributed by atoms with E-state index in [1.54, 1.807) is 12.3 Å². The molecule has 0 atom stereocenters. The Balaban J connectivity index is 2.32.